The van der Waals surface area contributed by atoms with Crippen molar-refractivity contribution in [3.63, 3.8) is 0 Å². The Morgan fingerprint density at radius 3 is 2.16 bits per heavy atom. The van der Waals surface area contributed by atoms with Crippen LogP contribution in [0.5, 0.6) is 5.75 Å². The maximum absolute atomic E-state index is 10.9. The first-order valence-electron chi connectivity index (χ1n) is 10.1. The summed E-state index contributed by atoms with van der Waals surface area (Å²) < 4.78 is 9.50. The number of alkyl halides is 1. The summed E-state index contributed by atoms with van der Waals surface area (Å²) in [5.41, 5.74) is 2.68. The first-order chi connectivity index (χ1) is 14.7. The van der Waals surface area contributed by atoms with Crippen molar-refractivity contribution >= 4 is 0 Å². The zero-order valence-corrected chi connectivity index (χ0v) is 18.7. The summed E-state index contributed by atoms with van der Waals surface area (Å²) in [4.78, 5) is 15.1. The molecule has 8 nitrogen and oxygen atoms in total. The smallest absolute Gasteiger partial charge is 0.264 e. The predicted molar refractivity (Wildman–Crippen MR) is 120 cm³/mol. The summed E-state index contributed by atoms with van der Waals surface area (Å²) in [7, 11) is 0.500. The van der Waals surface area contributed by atoms with Gasteiger partial charge in [-0.1, -0.05) is 0 Å². The number of aromatic hydroxyl groups is 1. The fourth-order valence-electron chi connectivity index (χ4n) is 3.71. The van der Waals surface area contributed by atoms with Crippen LogP contribution in [0.15, 0.2) is 41.6 Å². The summed E-state index contributed by atoms with van der Waals surface area (Å²) in [6.07, 6.45) is 8.94. The predicted octanol–water partition coefficient (Wildman–Crippen LogP) is 3.83. The van der Waals surface area contributed by atoms with E-state index in [0.29, 0.717) is 29.6 Å². The van der Waals surface area contributed by atoms with Crippen molar-refractivity contribution in [1.29, 1.82) is 0 Å². The van der Waals surface area contributed by atoms with E-state index in [4.69, 9.17) is 0 Å². The standard InChI is InChI=1S/C12H9N5O2.C9H19N.CH3F/c18-10-3-7(8-5-14-15-6-8)4-13-12(10)9-1-2-11(19)17-16-9;1-8(2)6-5-7-9(3,4)10-8;1-2/h1-6,18H,(H,14,15)(H,17,19);10H,5-7H2,1-4H3;1H3. The monoisotopic (exact) mass is 430 g/mol. The summed E-state index contributed by atoms with van der Waals surface area (Å²) >= 11 is 0. The zero-order valence-electron chi connectivity index (χ0n) is 18.7. The normalized spacial score (nSPS) is 16.3. The zero-order chi connectivity index (χ0) is 23.1. The molecule has 0 unspecified atom stereocenters. The van der Waals surface area contributed by atoms with Gasteiger partial charge < -0.3 is 10.4 Å². The van der Waals surface area contributed by atoms with Crippen molar-refractivity contribution in [2.24, 2.45) is 0 Å². The number of rotatable bonds is 2. The van der Waals surface area contributed by atoms with Gasteiger partial charge in [-0.2, -0.15) is 10.2 Å². The van der Waals surface area contributed by atoms with Crippen LogP contribution in [-0.2, 0) is 0 Å². The Kier molecular flexibility index (Phi) is 8.04. The molecule has 3 aromatic heterocycles. The second-order valence-corrected chi connectivity index (χ2v) is 8.63. The summed E-state index contributed by atoms with van der Waals surface area (Å²) in [5.74, 6) is -0.0155. The van der Waals surface area contributed by atoms with E-state index in [1.807, 2.05) is 0 Å². The van der Waals surface area contributed by atoms with Gasteiger partial charge in [0.1, 0.15) is 17.1 Å². The molecule has 0 aromatic carbocycles. The molecule has 4 N–H and O–H groups in total. The van der Waals surface area contributed by atoms with Crippen molar-refractivity contribution < 1.29 is 9.50 Å². The van der Waals surface area contributed by atoms with Gasteiger partial charge in [-0.15, -0.1) is 0 Å². The first kappa shape index (κ1) is 24.2. The van der Waals surface area contributed by atoms with Crippen LogP contribution >= 0.6 is 0 Å². The summed E-state index contributed by atoms with van der Waals surface area (Å²) in [5, 5.41) is 26.3. The van der Waals surface area contributed by atoms with Gasteiger partial charge in [0.25, 0.3) is 5.56 Å². The highest BCUT2D eigenvalue weighted by atomic mass is 19.1. The van der Waals surface area contributed by atoms with Crippen LogP contribution in [0.3, 0.4) is 0 Å². The molecule has 4 heterocycles. The van der Waals surface area contributed by atoms with Crippen LogP contribution in [0.25, 0.3) is 22.5 Å². The molecule has 1 fully saturated rings. The number of nitrogens with one attached hydrogen (secondary N) is 3. The lowest BCUT2D eigenvalue weighted by molar-refractivity contribution is 0.183. The second-order valence-electron chi connectivity index (χ2n) is 8.63. The molecule has 0 bridgehead atoms. The lowest BCUT2D eigenvalue weighted by Gasteiger charge is -2.42. The van der Waals surface area contributed by atoms with Gasteiger partial charge in [0.05, 0.1) is 13.4 Å². The SMILES string of the molecule is CC1(C)CCCC(C)(C)N1.CF.O=c1ccc(-c2ncc(-c3cn[nH]c3)cc2O)n[nH]1. The average Bonchev–Trinajstić information content (AvgIpc) is 3.24. The average molecular weight is 431 g/mol. The number of pyridine rings is 1. The third-order valence-corrected chi connectivity index (χ3v) is 4.90. The topological polar surface area (TPSA) is 120 Å². The molecule has 0 spiro atoms. The van der Waals surface area contributed by atoms with Crippen molar-refractivity contribution in [2.45, 2.75) is 58.0 Å². The van der Waals surface area contributed by atoms with Crippen molar-refractivity contribution in [2.75, 3.05) is 7.18 Å². The molecule has 3 aromatic rings. The van der Waals surface area contributed by atoms with E-state index in [1.54, 1.807) is 24.7 Å². The Hall–Kier alpha value is -3.07. The van der Waals surface area contributed by atoms with Gasteiger partial charge in [-0.05, 0) is 59.1 Å². The lowest BCUT2D eigenvalue weighted by Crippen LogP contribution is -2.55. The lowest BCUT2D eigenvalue weighted by atomic mass is 9.83. The number of nitrogens with zero attached hydrogens (tertiary/aromatic N) is 3. The molecule has 31 heavy (non-hydrogen) atoms. The van der Waals surface area contributed by atoms with E-state index in [0.717, 1.165) is 11.1 Å². The quantitative estimate of drug-likeness (QED) is 0.490. The van der Waals surface area contributed by atoms with Crippen molar-refractivity contribution in [1.82, 2.24) is 30.7 Å². The van der Waals surface area contributed by atoms with Gasteiger partial charge in [0.15, 0.2) is 0 Å². The fourth-order valence-corrected chi connectivity index (χ4v) is 3.71. The molecule has 1 aliphatic rings. The number of piperidine rings is 1. The van der Waals surface area contributed by atoms with Gasteiger partial charge in [-0.3, -0.25) is 14.3 Å². The molecule has 0 atom stereocenters. The van der Waals surface area contributed by atoms with Gasteiger partial charge in [-0.25, -0.2) is 10.1 Å². The minimum Gasteiger partial charge on any atom is -0.506 e. The molecule has 0 aliphatic carbocycles. The van der Waals surface area contributed by atoms with Gasteiger partial charge in [0.2, 0.25) is 0 Å². The number of H-pyrrole nitrogens is 2. The number of halogens is 1. The molecule has 0 saturated carbocycles. The Bertz CT molecular complexity index is 981. The number of aromatic nitrogens is 5. The van der Waals surface area contributed by atoms with Crippen LogP contribution in [-0.4, -0.2) is 48.7 Å². The highest BCUT2D eigenvalue weighted by molar-refractivity contribution is 5.69. The fraction of sp³-hybridized carbons (Fsp3) is 0.455. The van der Waals surface area contributed by atoms with Gasteiger partial charge in [0, 0.05) is 40.7 Å². The molecule has 168 valence electrons. The first-order valence-corrected chi connectivity index (χ1v) is 10.1. The maximum atomic E-state index is 10.9. The minimum absolute atomic E-state index is 0.0155. The number of hydrogen-bond donors (Lipinski definition) is 4. The largest absolute Gasteiger partial charge is 0.506 e. The third-order valence-electron chi connectivity index (χ3n) is 4.90. The molecule has 1 saturated heterocycles. The second kappa shape index (κ2) is 10.3. The maximum Gasteiger partial charge on any atom is 0.264 e. The van der Waals surface area contributed by atoms with Crippen LogP contribution in [0, 0.1) is 0 Å². The number of hydrogen-bond acceptors (Lipinski definition) is 6. The molecule has 1 aliphatic heterocycles. The van der Waals surface area contributed by atoms with E-state index in [9.17, 15) is 14.3 Å². The van der Waals surface area contributed by atoms with E-state index in [-0.39, 0.29) is 11.3 Å². The van der Waals surface area contributed by atoms with Crippen LogP contribution in [0.2, 0.25) is 0 Å². The van der Waals surface area contributed by atoms with Crippen LogP contribution in [0.1, 0.15) is 47.0 Å². The van der Waals surface area contributed by atoms with E-state index < -0.39 is 0 Å². The molecule has 4 rings (SSSR count). The summed E-state index contributed by atoms with van der Waals surface area (Å²) in [6, 6.07) is 4.39. The van der Waals surface area contributed by atoms with Gasteiger partial charge >= 0.3 is 0 Å². The van der Waals surface area contributed by atoms with E-state index in [2.05, 4.69) is 58.4 Å². The highest BCUT2D eigenvalue weighted by Crippen LogP contribution is 2.29. The number of aromatic amines is 2. The van der Waals surface area contributed by atoms with E-state index in [1.165, 1.54) is 31.4 Å². The van der Waals surface area contributed by atoms with Crippen molar-refractivity contribution in [3.05, 3.63) is 47.1 Å². The van der Waals surface area contributed by atoms with Crippen molar-refractivity contribution in [3.8, 4) is 28.3 Å². The Balaban J connectivity index is 0.000000241. The molecule has 9 heteroatoms. The molecular formula is C22H31FN6O2. The minimum atomic E-state index is -0.307. The van der Waals surface area contributed by atoms with Crippen LogP contribution in [0.4, 0.5) is 4.39 Å². The highest BCUT2D eigenvalue weighted by Gasteiger charge is 2.31. The van der Waals surface area contributed by atoms with E-state index >= 15 is 0 Å². The molecule has 0 amide bonds. The Labute approximate surface area is 181 Å². The Morgan fingerprint density at radius 1 is 1.03 bits per heavy atom. The Morgan fingerprint density at radius 2 is 1.71 bits per heavy atom. The molecule has 0 radical (unpaired) electrons. The van der Waals surface area contributed by atoms with Crippen LogP contribution < -0.4 is 10.9 Å². The third kappa shape index (κ3) is 6.99. The molecular weight excluding hydrogens is 399 g/mol. The summed E-state index contributed by atoms with van der Waals surface area (Å²) in [6.45, 7) is 9.14.